The van der Waals surface area contributed by atoms with Crippen molar-refractivity contribution >= 4 is 11.8 Å². The van der Waals surface area contributed by atoms with E-state index in [1.54, 1.807) is 34.0 Å². The standard InChI is InChI=1S/C34H63N3O7/c1-14-34(41-13)19-23(4)20-37(12)26(16-15-17-36(11)22(2)3)21-42-32(40)33(7,8)29(39)25(6)30(34)44-31-28(38)27(35(9)10)18-24(5)43-31/h14,22-28,30-31,38H,1,15-21H2,2-13H3/t23-,24-,25+,26+,27+,28-,30-,31+,34-/m1/s1. The molecular formula is C34H63N3O7. The van der Waals surface area contributed by atoms with Crippen LogP contribution in [0.15, 0.2) is 12.7 Å². The third-order valence-corrected chi connectivity index (χ3v) is 9.99. The maximum atomic E-state index is 14.2. The van der Waals surface area contributed by atoms with Gasteiger partial charge in [0.25, 0.3) is 0 Å². The summed E-state index contributed by atoms with van der Waals surface area (Å²) in [4.78, 5) is 34.3. The largest absolute Gasteiger partial charge is 0.463 e. The van der Waals surface area contributed by atoms with Crippen molar-refractivity contribution < 1.29 is 33.6 Å². The average molecular weight is 626 g/mol. The summed E-state index contributed by atoms with van der Waals surface area (Å²) < 4.78 is 24.9. The van der Waals surface area contributed by atoms with Gasteiger partial charge in [0.2, 0.25) is 0 Å². The number of Topliss-reactive ketones (excluding diaryl/α,β-unsaturated/α-hetero) is 1. The summed E-state index contributed by atoms with van der Waals surface area (Å²) in [5.74, 6) is -1.60. The number of hydrogen-bond donors (Lipinski definition) is 1. The van der Waals surface area contributed by atoms with Gasteiger partial charge in [-0.3, -0.25) is 14.5 Å². The molecule has 2 heterocycles. The second kappa shape index (κ2) is 16.4. The van der Waals surface area contributed by atoms with Crippen LogP contribution in [-0.4, -0.2) is 135 Å². The maximum absolute atomic E-state index is 14.2. The molecule has 0 amide bonds. The quantitative estimate of drug-likeness (QED) is 0.220. The highest BCUT2D eigenvalue weighted by Crippen LogP contribution is 2.39. The number of aliphatic hydroxyl groups excluding tert-OH is 1. The SMILES string of the molecule is C=C[C@@]1(OC)C[C@@H](C)CN(C)[C@@H](CCCN(C)C(C)C)COC(=O)C(C)(C)C(=O)[C@H](C)[C@H]1O[C@@H]1O[C@H](C)C[C@H](N(C)C)[C@H]1O. The Morgan fingerprint density at radius 3 is 2.36 bits per heavy atom. The molecular weight excluding hydrogens is 562 g/mol. The van der Waals surface area contributed by atoms with Crippen LogP contribution in [0.5, 0.6) is 0 Å². The topological polar surface area (TPSA) is 101 Å². The fourth-order valence-electron chi connectivity index (χ4n) is 6.73. The van der Waals surface area contributed by atoms with Gasteiger partial charge < -0.3 is 33.9 Å². The summed E-state index contributed by atoms with van der Waals surface area (Å²) in [5, 5.41) is 11.3. The second-order valence-electron chi connectivity index (χ2n) is 14.5. The number of esters is 1. The van der Waals surface area contributed by atoms with E-state index in [1.807, 2.05) is 25.9 Å². The van der Waals surface area contributed by atoms with Crippen molar-refractivity contribution in [3.8, 4) is 0 Å². The fraction of sp³-hybridized carbons (Fsp3) is 0.882. The van der Waals surface area contributed by atoms with E-state index in [0.717, 1.165) is 19.4 Å². The highest BCUT2D eigenvalue weighted by atomic mass is 16.7. The van der Waals surface area contributed by atoms with E-state index in [0.29, 0.717) is 25.4 Å². The Morgan fingerprint density at radius 2 is 1.82 bits per heavy atom. The summed E-state index contributed by atoms with van der Waals surface area (Å²) in [5.41, 5.74) is -2.54. The van der Waals surface area contributed by atoms with Crippen molar-refractivity contribution in [3.63, 3.8) is 0 Å². The second-order valence-corrected chi connectivity index (χ2v) is 14.5. The molecule has 0 saturated carbocycles. The molecule has 2 aliphatic heterocycles. The predicted molar refractivity (Wildman–Crippen MR) is 173 cm³/mol. The first-order chi connectivity index (χ1) is 20.4. The predicted octanol–water partition coefficient (Wildman–Crippen LogP) is 3.60. The minimum absolute atomic E-state index is 0.00555. The van der Waals surface area contributed by atoms with Crippen molar-refractivity contribution in [1.82, 2.24) is 14.7 Å². The molecule has 1 N–H and O–H groups in total. The molecule has 2 rings (SSSR count). The Balaban J connectivity index is 2.51. The first-order valence-corrected chi connectivity index (χ1v) is 16.4. The number of rotatable bonds is 10. The lowest BCUT2D eigenvalue weighted by Gasteiger charge is -2.47. The highest BCUT2D eigenvalue weighted by Gasteiger charge is 2.52. The first kappa shape index (κ1) is 38.8. The van der Waals surface area contributed by atoms with Gasteiger partial charge in [-0.15, -0.1) is 6.58 Å². The van der Waals surface area contributed by atoms with Crippen molar-refractivity contribution in [1.29, 1.82) is 0 Å². The van der Waals surface area contributed by atoms with Gasteiger partial charge in [-0.05, 0) is 101 Å². The van der Waals surface area contributed by atoms with E-state index in [-0.39, 0.29) is 36.5 Å². The molecule has 10 nitrogen and oxygen atoms in total. The van der Waals surface area contributed by atoms with E-state index >= 15 is 0 Å². The van der Waals surface area contributed by atoms with Crippen molar-refractivity contribution in [2.75, 3.05) is 55.0 Å². The number of carbonyl (C=O) groups excluding carboxylic acids is 2. The zero-order valence-corrected chi connectivity index (χ0v) is 29.7. The normalized spacial score (nSPS) is 36.5. The molecule has 2 fully saturated rings. The van der Waals surface area contributed by atoms with Crippen LogP contribution in [-0.2, 0) is 28.5 Å². The lowest BCUT2D eigenvalue weighted by atomic mass is 9.73. The number of ether oxygens (including phenoxy) is 4. The van der Waals surface area contributed by atoms with Crippen LogP contribution in [0.2, 0.25) is 0 Å². The van der Waals surface area contributed by atoms with Crippen LogP contribution in [0.4, 0.5) is 0 Å². The summed E-state index contributed by atoms with van der Waals surface area (Å²) in [6, 6.07) is 0.253. The minimum atomic E-state index is -1.44. The third kappa shape index (κ3) is 9.33. The average Bonchev–Trinajstić information content (AvgIpc) is 2.96. The number of hydrogen-bond acceptors (Lipinski definition) is 10. The number of likely N-dealkylation sites (N-methyl/N-ethyl adjacent to an activating group) is 2. The number of ketones is 1. The zero-order valence-electron chi connectivity index (χ0n) is 29.7. The molecule has 44 heavy (non-hydrogen) atoms. The van der Waals surface area contributed by atoms with Gasteiger partial charge in [-0.1, -0.05) is 19.9 Å². The van der Waals surface area contributed by atoms with Crippen molar-refractivity contribution in [2.45, 2.75) is 122 Å². The summed E-state index contributed by atoms with van der Waals surface area (Å²) in [6.45, 7) is 19.4. The number of carbonyl (C=O) groups is 2. The van der Waals surface area contributed by atoms with Gasteiger partial charge >= 0.3 is 5.97 Å². The lowest BCUT2D eigenvalue weighted by Crippen LogP contribution is -2.59. The Kier molecular flexibility index (Phi) is 14.5. The van der Waals surface area contributed by atoms with Crippen LogP contribution >= 0.6 is 0 Å². The molecule has 0 unspecified atom stereocenters. The van der Waals surface area contributed by atoms with Gasteiger partial charge in [0.05, 0.1) is 6.10 Å². The number of aliphatic hydroxyl groups is 1. The van der Waals surface area contributed by atoms with Crippen molar-refractivity contribution in [2.24, 2.45) is 17.3 Å². The minimum Gasteiger partial charge on any atom is -0.463 e. The van der Waals surface area contributed by atoms with E-state index in [1.165, 1.54) is 0 Å². The molecule has 0 spiro atoms. The van der Waals surface area contributed by atoms with E-state index < -0.39 is 41.4 Å². The monoisotopic (exact) mass is 625 g/mol. The number of cyclic esters (lactones) is 1. The van der Waals surface area contributed by atoms with Crippen LogP contribution in [0.1, 0.15) is 74.1 Å². The lowest BCUT2D eigenvalue weighted by molar-refractivity contribution is -0.292. The Hall–Kier alpha value is -1.40. The number of methoxy groups -OCH3 is 1. The van der Waals surface area contributed by atoms with Crippen LogP contribution in [0, 0.1) is 17.3 Å². The number of nitrogens with zero attached hydrogens (tertiary/aromatic N) is 3. The molecule has 9 atom stereocenters. The molecule has 256 valence electrons. The molecule has 0 aromatic heterocycles. The fourth-order valence-corrected chi connectivity index (χ4v) is 6.73. The molecule has 0 aliphatic carbocycles. The van der Waals surface area contributed by atoms with Gasteiger partial charge in [-0.25, -0.2) is 0 Å². The molecule has 10 heteroatoms. The molecule has 2 saturated heterocycles. The van der Waals surface area contributed by atoms with Gasteiger partial charge in [0.15, 0.2) is 12.1 Å². The van der Waals surface area contributed by atoms with Gasteiger partial charge in [0.1, 0.15) is 29.8 Å². The van der Waals surface area contributed by atoms with E-state index in [9.17, 15) is 14.7 Å². The van der Waals surface area contributed by atoms with Gasteiger partial charge in [0, 0.05) is 37.7 Å². The molecule has 2 aliphatic rings. The summed E-state index contributed by atoms with van der Waals surface area (Å²) in [6.07, 6.45) is 1.64. The molecule has 0 bridgehead atoms. The van der Waals surface area contributed by atoms with Gasteiger partial charge in [-0.2, -0.15) is 0 Å². The first-order valence-electron chi connectivity index (χ1n) is 16.4. The molecule has 0 aromatic rings. The smallest absolute Gasteiger partial charge is 0.319 e. The van der Waals surface area contributed by atoms with Crippen molar-refractivity contribution in [3.05, 3.63) is 12.7 Å². The van der Waals surface area contributed by atoms with E-state index in [4.69, 9.17) is 18.9 Å². The van der Waals surface area contributed by atoms with Crippen LogP contribution in [0.25, 0.3) is 0 Å². The van der Waals surface area contributed by atoms with Crippen LogP contribution < -0.4 is 0 Å². The third-order valence-electron chi connectivity index (χ3n) is 9.99. The maximum Gasteiger partial charge on any atom is 0.319 e. The van der Waals surface area contributed by atoms with Crippen LogP contribution in [0.3, 0.4) is 0 Å². The Bertz CT molecular complexity index is 944. The Morgan fingerprint density at radius 1 is 1.18 bits per heavy atom. The highest BCUT2D eigenvalue weighted by molar-refractivity contribution is 6.04. The summed E-state index contributed by atoms with van der Waals surface area (Å²) >= 11 is 0. The molecule has 0 aromatic carbocycles. The molecule has 0 radical (unpaired) electrons. The summed E-state index contributed by atoms with van der Waals surface area (Å²) in [7, 11) is 9.61. The van der Waals surface area contributed by atoms with E-state index in [2.05, 4.69) is 51.2 Å². The zero-order chi connectivity index (χ0) is 33.6. The Labute approximate surface area is 267 Å².